The maximum atomic E-state index is 12.8. The Bertz CT molecular complexity index is 1030. The van der Waals surface area contributed by atoms with E-state index in [2.05, 4.69) is 32.9 Å². The van der Waals surface area contributed by atoms with Crippen molar-refractivity contribution >= 4 is 11.7 Å². The minimum absolute atomic E-state index is 0.120. The molecule has 1 aromatic carbocycles. The quantitative estimate of drug-likeness (QED) is 0.344. The van der Waals surface area contributed by atoms with E-state index in [1.807, 2.05) is 0 Å². The Morgan fingerprint density at radius 2 is 1.89 bits per heavy atom. The van der Waals surface area contributed by atoms with Crippen LogP contribution in [0.2, 0.25) is 0 Å². The number of rotatable bonds is 3. The Morgan fingerprint density at radius 1 is 1.11 bits per heavy atom. The molecule has 0 radical (unpaired) electrons. The fourth-order valence-electron chi connectivity index (χ4n) is 8.38. The van der Waals surface area contributed by atoms with Gasteiger partial charge in [0, 0.05) is 30.4 Å². The van der Waals surface area contributed by atoms with Crippen LogP contribution in [-0.2, 0) is 14.2 Å². The van der Waals surface area contributed by atoms with E-state index in [1.165, 1.54) is 43.5 Å². The molecule has 1 spiro atoms. The van der Waals surface area contributed by atoms with Gasteiger partial charge in [0.2, 0.25) is 0 Å². The second-order valence-corrected chi connectivity index (χ2v) is 12.7. The van der Waals surface area contributed by atoms with E-state index in [0.717, 1.165) is 32.3 Å². The van der Waals surface area contributed by atoms with Crippen LogP contribution in [0.25, 0.3) is 0 Å². The summed E-state index contributed by atoms with van der Waals surface area (Å²) < 4.78 is 19.3. The number of hydrogen-bond donors (Lipinski definition) is 2. The summed E-state index contributed by atoms with van der Waals surface area (Å²) in [4.78, 5) is 12.8. The van der Waals surface area contributed by atoms with Crippen LogP contribution in [0.15, 0.2) is 36.4 Å². The lowest BCUT2D eigenvalue weighted by Crippen LogP contribution is -2.99. The van der Waals surface area contributed by atoms with E-state index in [0.29, 0.717) is 41.1 Å². The lowest BCUT2D eigenvalue weighted by Gasteiger charge is -2.55. The molecule has 2 aliphatic heterocycles. The Morgan fingerprint density at radius 3 is 2.59 bits per heavy atom. The first-order chi connectivity index (χ1) is 17.7. The number of fused-ring (bicyclic) bond motifs is 5. The number of hydrogen-bond acceptors (Lipinski definition) is 6. The van der Waals surface area contributed by atoms with Crippen molar-refractivity contribution in [2.24, 2.45) is 40.9 Å². The van der Waals surface area contributed by atoms with Crippen molar-refractivity contribution in [3.63, 3.8) is 0 Å². The normalized spacial score (nSPS) is 45.5. The molecular weight excluding hydrogens is 470 g/mol. The van der Waals surface area contributed by atoms with Crippen LogP contribution in [0.5, 0.6) is 0 Å². The summed E-state index contributed by atoms with van der Waals surface area (Å²) >= 11 is 0. The molecule has 2 heterocycles. The lowest BCUT2D eigenvalue weighted by molar-refractivity contribution is -0.991. The van der Waals surface area contributed by atoms with Crippen LogP contribution in [-0.4, -0.2) is 35.8 Å². The topological polar surface area (TPSA) is 92.5 Å². The molecule has 4 fully saturated rings. The molecule has 2 saturated carbocycles. The zero-order valence-electron chi connectivity index (χ0n) is 22.2. The minimum atomic E-state index is -1.00. The zero-order valence-corrected chi connectivity index (χ0v) is 22.2. The van der Waals surface area contributed by atoms with E-state index in [-0.39, 0.29) is 29.3 Å². The highest BCUT2D eigenvalue weighted by molar-refractivity contribution is 5.89. The third kappa shape index (κ3) is 4.27. The van der Waals surface area contributed by atoms with Gasteiger partial charge in [0.15, 0.2) is 11.5 Å². The van der Waals surface area contributed by atoms with E-state index in [1.54, 1.807) is 0 Å². The molecule has 37 heavy (non-hydrogen) atoms. The number of carbonyl (C=O) groups is 1. The van der Waals surface area contributed by atoms with Crippen LogP contribution in [0.1, 0.15) is 76.1 Å². The minimum Gasteiger partial charge on any atom is -0.595 e. The maximum absolute atomic E-state index is 12.8. The largest absolute Gasteiger partial charge is 0.595 e. The summed E-state index contributed by atoms with van der Waals surface area (Å²) in [6.07, 6.45) is 12.3. The molecule has 11 atom stereocenters. The van der Waals surface area contributed by atoms with E-state index >= 15 is 0 Å². The number of nitrogens with one attached hydrogen (secondary N) is 1. The SMILES string of the molecule is C[C@H]1CC[C@@]2(OC1)O[C@H]1[C@H]3C=C[C@@H]4C[C@@H](OC(=O)c5ccc([NH+]([O-])O)cc5)CC[C@]4(C)[C@H]3CC[C@@H]1[C@H]2C. The van der Waals surface area contributed by atoms with Crippen LogP contribution in [0, 0.1) is 46.1 Å². The number of carbonyl (C=O) groups excluding carboxylic acids is 1. The molecule has 7 heteroatoms. The highest BCUT2D eigenvalue weighted by Gasteiger charge is 2.61. The highest BCUT2D eigenvalue weighted by atomic mass is 16.8. The number of quaternary nitrogens is 1. The second-order valence-electron chi connectivity index (χ2n) is 12.7. The number of ether oxygens (including phenoxy) is 3. The Kier molecular flexibility index (Phi) is 6.52. The van der Waals surface area contributed by atoms with Crippen molar-refractivity contribution in [2.45, 2.75) is 83.7 Å². The average molecular weight is 512 g/mol. The smallest absolute Gasteiger partial charge is 0.338 e. The Labute approximate surface area is 219 Å². The maximum Gasteiger partial charge on any atom is 0.338 e. The van der Waals surface area contributed by atoms with Gasteiger partial charge in [-0.15, -0.1) is 0 Å². The van der Waals surface area contributed by atoms with Gasteiger partial charge in [-0.2, -0.15) is 5.23 Å². The Balaban J connectivity index is 1.14. The molecule has 2 N–H and O–H groups in total. The Hall–Kier alpha value is -1.77. The van der Waals surface area contributed by atoms with Crippen molar-refractivity contribution in [1.82, 2.24) is 0 Å². The van der Waals surface area contributed by atoms with Gasteiger partial charge >= 0.3 is 5.97 Å². The first kappa shape index (κ1) is 25.5. The second kappa shape index (κ2) is 9.45. The van der Waals surface area contributed by atoms with Crippen molar-refractivity contribution < 1.29 is 29.4 Å². The molecule has 1 unspecified atom stereocenters. The molecule has 0 bridgehead atoms. The van der Waals surface area contributed by atoms with Crippen molar-refractivity contribution in [1.29, 1.82) is 0 Å². The third-order valence-corrected chi connectivity index (χ3v) is 10.8. The summed E-state index contributed by atoms with van der Waals surface area (Å²) in [5, 5.41) is 19.2. The molecule has 0 aromatic heterocycles. The average Bonchev–Trinajstić information content (AvgIpc) is 3.17. The van der Waals surface area contributed by atoms with Gasteiger partial charge in [-0.05, 0) is 79.7 Å². The fourth-order valence-corrected chi connectivity index (χ4v) is 8.38. The van der Waals surface area contributed by atoms with Gasteiger partial charge in [0.1, 0.15) is 6.10 Å². The van der Waals surface area contributed by atoms with Crippen LogP contribution in [0.4, 0.5) is 5.69 Å². The first-order valence-corrected chi connectivity index (χ1v) is 14.2. The first-order valence-electron chi connectivity index (χ1n) is 14.2. The van der Waals surface area contributed by atoms with Crippen molar-refractivity contribution in [3.8, 4) is 0 Å². The summed E-state index contributed by atoms with van der Waals surface area (Å²) in [5.41, 5.74) is 0.746. The molecule has 202 valence electrons. The molecule has 1 aromatic rings. The number of benzene rings is 1. The summed E-state index contributed by atoms with van der Waals surface area (Å²) in [7, 11) is 0. The molecule has 2 saturated heterocycles. The van der Waals surface area contributed by atoms with E-state index in [4.69, 9.17) is 19.4 Å². The lowest BCUT2D eigenvalue weighted by atomic mass is 9.50. The van der Waals surface area contributed by atoms with Crippen LogP contribution >= 0.6 is 0 Å². The summed E-state index contributed by atoms with van der Waals surface area (Å²) in [5.74, 6) is 2.23. The molecule has 7 nitrogen and oxygen atoms in total. The fraction of sp³-hybridized carbons (Fsp3) is 0.700. The molecular formula is C30H41NO6. The molecule has 5 aliphatic rings. The van der Waals surface area contributed by atoms with Gasteiger partial charge < -0.3 is 19.4 Å². The summed E-state index contributed by atoms with van der Waals surface area (Å²) in [6, 6.07) is 5.97. The monoisotopic (exact) mass is 511 g/mol. The van der Waals surface area contributed by atoms with Crippen LogP contribution in [0.3, 0.4) is 0 Å². The summed E-state index contributed by atoms with van der Waals surface area (Å²) in [6.45, 7) is 7.88. The van der Waals surface area contributed by atoms with Crippen molar-refractivity contribution in [3.05, 3.63) is 47.2 Å². The molecule has 3 aliphatic carbocycles. The van der Waals surface area contributed by atoms with E-state index in [9.17, 15) is 10.0 Å². The number of allylic oxidation sites excluding steroid dienone is 1. The van der Waals surface area contributed by atoms with Crippen LogP contribution < -0.4 is 5.23 Å². The van der Waals surface area contributed by atoms with E-state index < -0.39 is 11.0 Å². The zero-order chi connectivity index (χ0) is 25.9. The van der Waals surface area contributed by atoms with Gasteiger partial charge in [0.05, 0.1) is 18.3 Å². The van der Waals surface area contributed by atoms with Gasteiger partial charge in [-0.1, -0.05) is 32.9 Å². The predicted octanol–water partition coefficient (Wildman–Crippen LogP) is 4.81. The molecule has 0 amide bonds. The molecule has 6 rings (SSSR count). The van der Waals surface area contributed by atoms with Crippen molar-refractivity contribution in [2.75, 3.05) is 6.61 Å². The van der Waals surface area contributed by atoms with Gasteiger partial charge in [-0.3, -0.25) is 0 Å². The van der Waals surface area contributed by atoms with Gasteiger partial charge in [0.25, 0.3) is 0 Å². The number of esters is 1. The highest BCUT2D eigenvalue weighted by Crippen LogP contribution is 2.62. The third-order valence-electron chi connectivity index (χ3n) is 10.8. The predicted molar refractivity (Wildman–Crippen MR) is 137 cm³/mol. The van der Waals surface area contributed by atoms with Gasteiger partial charge in [-0.25, -0.2) is 10.0 Å². The standard InChI is InChI=1S/C30H41NO6/c1-18-12-15-30(35-17-18)19(2)24-10-11-26-25(27(24)37-30)9-6-21-16-23(13-14-29(21,26)3)36-28(32)20-4-7-22(8-5-20)31(33)34/h4-9,18-19,21,23-27,31,33H,10-17H2,1-3H3/t18-,19+,21+,23-,24+,25-,26-,27+,29-,30+/m0/s1.